The van der Waals surface area contributed by atoms with Crippen LogP contribution in [0, 0.1) is 58.2 Å². The highest BCUT2D eigenvalue weighted by Gasteiger charge is 2.61. The lowest BCUT2D eigenvalue weighted by molar-refractivity contribution is -0.172. The van der Waals surface area contributed by atoms with Gasteiger partial charge in [-0.05, 0) is 116 Å². The number of fused-ring (bicyclic) bond motifs is 5. The first-order valence-electron chi connectivity index (χ1n) is 15.4. The SMILES string of the molecule is CC(=O)O[C@@H]1C[C@@H]2CC[C@@H]3[C@H](CC[C@]4(C)[C@@H]([C@H](C)CCCC(C)C)CC[C@@H]34)[C@@]2(C)C[C@H]1C[C@H]1CO1. The second-order valence-electron chi connectivity index (χ2n) is 14.7. The molecular formula is C32H54O3. The van der Waals surface area contributed by atoms with E-state index < -0.39 is 0 Å². The maximum Gasteiger partial charge on any atom is 0.302 e. The summed E-state index contributed by atoms with van der Waals surface area (Å²) in [5.74, 6) is 6.50. The van der Waals surface area contributed by atoms with E-state index >= 15 is 0 Å². The van der Waals surface area contributed by atoms with E-state index in [1.165, 1.54) is 64.2 Å². The highest BCUT2D eigenvalue weighted by molar-refractivity contribution is 5.66. The third-order valence-corrected chi connectivity index (χ3v) is 12.3. The van der Waals surface area contributed by atoms with Crippen molar-refractivity contribution in [1.29, 1.82) is 0 Å². The zero-order valence-electron chi connectivity index (χ0n) is 23.7. The summed E-state index contributed by atoms with van der Waals surface area (Å²) in [5.41, 5.74) is 0.985. The van der Waals surface area contributed by atoms with Gasteiger partial charge in [0.15, 0.2) is 0 Å². The van der Waals surface area contributed by atoms with Crippen molar-refractivity contribution < 1.29 is 14.3 Å². The Bertz CT molecular complexity index is 758. The van der Waals surface area contributed by atoms with Crippen molar-refractivity contribution >= 4 is 5.97 Å². The second-order valence-corrected chi connectivity index (χ2v) is 14.7. The van der Waals surface area contributed by atoms with E-state index in [0.717, 1.165) is 60.9 Å². The van der Waals surface area contributed by atoms with Crippen LogP contribution in [-0.2, 0) is 14.3 Å². The van der Waals surface area contributed by atoms with Gasteiger partial charge < -0.3 is 9.47 Å². The third-order valence-electron chi connectivity index (χ3n) is 12.3. The number of rotatable bonds is 8. The molecule has 3 heteroatoms. The maximum absolute atomic E-state index is 11.9. The monoisotopic (exact) mass is 486 g/mol. The molecule has 0 aromatic rings. The van der Waals surface area contributed by atoms with Gasteiger partial charge in [0.05, 0.1) is 12.7 Å². The van der Waals surface area contributed by atoms with Crippen LogP contribution in [0.3, 0.4) is 0 Å². The molecule has 11 atom stereocenters. The Morgan fingerprint density at radius 2 is 1.74 bits per heavy atom. The number of carbonyl (C=O) groups excluding carboxylic acids is 1. The van der Waals surface area contributed by atoms with Crippen LogP contribution < -0.4 is 0 Å². The first-order valence-corrected chi connectivity index (χ1v) is 15.4. The third kappa shape index (κ3) is 4.98. The lowest BCUT2D eigenvalue weighted by Gasteiger charge is -2.62. The molecule has 0 aromatic carbocycles. The molecule has 0 spiro atoms. The highest BCUT2D eigenvalue weighted by atomic mass is 16.6. The molecule has 5 fully saturated rings. The van der Waals surface area contributed by atoms with E-state index in [2.05, 4.69) is 34.6 Å². The van der Waals surface area contributed by atoms with Gasteiger partial charge in [-0.2, -0.15) is 0 Å². The molecule has 0 radical (unpaired) electrons. The molecule has 5 aliphatic rings. The molecule has 4 aliphatic carbocycles. The summed E-state index contributed by atoms with van der Waals surface area (Å²) in [5, 5.41) is 0. The van der Waals surface area contributed by atoms with E-state index in [1.807, 2.05) is 0 Å². The van der Waals surface area contributed by atoms with E-state index in [4.69, 9.17) is 9.47 Å². The van der Waals surface area contributed by atoms with Crippen LogP contribution in [0.4, 0.5) is 0 Å². The molecule has 1 aliphatic heterocycles. The van der Waals surface area contributed by atoms with Crippen LogP contribution in [0.2, 0.25) is 0 Å². The summed E-state index contributed by atoms with van der Waals surface area (Å²) < 4.78 is 11.6. The molecule has 35 heavy (non-hydrogen) atoms. The van der Waals surface area contributed by atoms with Gasteiger partial charge in [-0.1, -0.05) is 53.9 Å². The summed E-state index contributed by atoms with van der Waals surface area (Å²) in [6, 6.07) is 0. The largest absolute Gasteiger partial charge is 0.462 e. The summed E-state index contributed by atoms with van der Waals surface area (Å²) in [7, 11) is 0. The minimum Gasteiger partial charge on any atom is -0.462 e. The fourth-order valence-electron chi connectivity index (χ4n) is 10.6. The Labute approximate surface area is 215 Å². The summed E-state index contributed by atoms with van der Waals surface area (Å²) in [6.45, 7) is 15.2. The zero-order valence-corrected chi connectivity index (χ0v) is 23.7. The molecule has 1 saturated heterocycles. The Morgan fingerprint density at radius 3 is 2.43 bits per heavy atom. The normalized spacial score (nSPS) is 47.5. The minimum atomic E-state index is -0.0954. The fourth-order valence-corrected chi connectivity index (χ4v) is 10.6. The van der Waals surface area contributed by atoms with Crippen LogP contribution in [0.25, 0.3) is 0 Å². The van der Waals surface area contributed by atoms with Gasteiger partial charge in [0.2, 0.25) is 0 Å². The molecule has 3 nitrogen and oxygen atoms in total. The molecule has 0 N–H and O–H groups in total. The zero-order chi connectivity index (χ0) is 25.0. The lowest BCUT2D eigenvalue weighted by Crippen LogP contribution is -2.56. The Balaban J connectivity index is 1.30. The maximum atomic E-state index is 11.9. The van der Waals surface area contributed by atoms with Crippen LogP contribution >= 0.6 is 0 Å². The number of epoxide rings is 1. The average Bonchev–Trinajstić information content (AvgIpc) is 3.52. The van der Waals surface area contributed by atoms with Gasteiger partial charge in [0, 0.05) is 6.92 Å². The fraction of sp³-hybridized carbons (Fsp3) is 0.969. The highest BCUT2D eigenvalue weighted by Crippen LogP contribution is 2.69. The number of esters is 1. The minimum absolute atomic E-state index is 0.0954. The Hall–Kier alpha value is -0.570. The van der Waals surface area contributed by atoms with Crippen LogP contribution in [0.15, 0.2) is 0 Å². The number of carbonyl (C=O) groups is 1. The standard InChI is InChI=1S/C32H54O3/c1-20(2)8-7-9-21(3)27-12-13-28-26-11-10-24-17-30(35-22(4)33)23(16-25-19-34-25)18-32(24,6)29(26)14-15-31(27,28)5/h20-21,23-30H,7-19H2,1-6H3/t21-,23-,24+,25+,26+,27-,28+,29+,30-,31-,32+/m1/s1. The van der Waals surface area contributed by atoms with Crippen molar-refractivity contribution in [3.63, 3.8) is 0 Å². The van der Waals surface area contributed by atoms with Crippen LogP contribution in [0.5, 0.6) is 0 Å². The van der Waals surface area contributed by atoms with E-state index in [-0.39, 0.29) is 12.1 Å². The van der Waals surface area contributed by atoms with Crippen LogP contribution in [0.1, 0.15) is 119 Å². The molecule has 0 bridgehead atoms. The van der Waals surface area contributed by atoms with Crippen molar-refractivity contribution in [3.8, 4) is 0 Å². The van der Waals surface area contributed by atoms with E-state index in [0.29, 0.717) is 22.9 Å². The molecule has 4 saturated carbocycles. The molecule has 200 valence electrons. The molecule has 1 heterocycles. The second kappa shape index (κ2) is 9.95. The van der Waals surface area contributed by atoms with Crippen molar-refractivity contribution in [2.45, 2.75) is 131 Å². The van der Waals surface area contributed by atoms with Gasteiger partial charge in [0.25, 0.3) is 0 Å². The van der Waals surface area contributed by atoms with Crippen LogP contribution in [-0.4, -0.2) is 24.8 Å². The Kier molecular flexibility index (Phi) is 7.41. The summed E-state index contributed by atoms with van der Waals surface area (Å²) in [6.07, 6.45) is 16.8. The smallest absolute Gasteiger partial charge is 0.302 e. The first kappa shape index (κ1) is 26.1. The quantitative estimate of drug-likeness (QED) is 0.257. The first-order chi connectivity index (χ1) is 16.6. The van der Waals surface area contributed by atoms with E-state index in [1.54, 1.807) is 6.92 Å². The van der Waals surface area contributed by atoms with Gasteiger partial charge in [-0.15, -0.1) is 0 Å². The Morgan fingerprint density at radius 1 is 1.00 bits per heavy atom. The molecule has 0 unspecified atom stereocenters. The van der Waals surface area contributed by atoms with Gasteiger partial charge in [-0.3, -0.25) is 4.79 Å². The van der Waals surface area contributed by atoms with Crippen molar-refractivity contribution in [1.82, 2.24) is 0 Å². The molecule has 5 rings (SSSR count). The van der Waals surface area contributed by atoms with Crippen molar-refractivity contribution in [2.75, 3.05) is 6.61 Å². The van der Waals surface area contributed by atoms with Gasteiger partial charge >= 0.3 is 5.97 Å². The topological polar surface area (TPSA) is 38.8 Å². The summed E-state index contributed by atoms with van der Waals surface area (Å²) in [4.78, 5) is 11.9. The predicted molar refractivity (Wildman–Crippen MR) is 142 cm³/mol. The molecular weight excluding hydrogens is 432 g/mol. The molecule has 0 aromatic heterocycles. The summed E-state index contributed by atoms with van der Waals surface area (Å²) >= 11 is 0. The number of hydrogen-bond donors (Lipinski definition) is 0. The average molecular weight is 487 g/mol. The molecule has 0 amide bonds. The van der Waals surface area contributed by atoms with Crippen molar-refractivity contribution in [3.05, 3.63) is 0 Å². The number of ether oxygens (including phenoxy) is 2. The predicted octanol–water partition coefficient (Wildman–Crippen LogP) is 8.05. The van der Waals surface area contributed by atoms with Gasteiger partial charge in [0.1, 0.15) is 6.10 Å². The van der Waals surface area contributed by atoms with Gasteiger partial charge in [-0.25, -0.2) is 0 Å². The number of hydrogen-bond acceptors (Lipinski definition) is 3. The van der Waals surface area contributed by atoms with E-state index in [9.17, 15) is 4.79 Å². The van der Waals surface area contributed by atoms with Crippen molar-refractivity contribution in [2.24, 2.45) is 58.2 Å². The lowest BCUT2D eigenvalue weighted by atomic mass is 9.43.